The van der Waals surface area contributed by atoms with Crippen LogP contribution in [0.4, 0.5) is 33.9 Å². The highest BCUT2D eigenvalue weighted by Gasteiger charge is 2.42. The van der Waals surface area contributed by atoms with Gasteiger partial charge in [0.25, 0.3) is 12.3 Å². The lowest BCUT2D eigenvalue weighted by atomic mass is 10.2. The van der Waals surface area contributed by atoms with Crippen LogP contribution in [0.1, 0.15) is 20.8 Å². The number of anilines is 1. The van der Waals surface area contributed by atoms with Gasteiger partial charge in [-0.25, -0.2) is 27.0 Å². The monoisotopic (exact) mass is 411 g/mol. The predicted molar refractivity (Wildman–Crippen MR) is 89.9 cm³/mol. The summed E-state index contributed by atoms with van der Waals surface area (Å²) in [5.41, 5.74) is -1.56. The van der Waals surface area contributed by atoms with E-state index in [-0.39, 0.29) is 13.1 Å². The van der Waals surface area contributed by atoms with Gasteiger partial charge in [0, 0.05) is 13.1 Å². The van der Waals surface area contributed by atoms with Crippen LogP contribution in [-0.2, 0) is 11.3 Å². The summed E-state index contributed by atoms with van der Waals surface area (Å²) in [5, 5.41) is 14.7. The third kappa shape index (κ3) is 5.45. The van der Waals surface area contributed by atoms with E-state index in [0.717, 1.165) is 16.0 Å². The molecule has 2 heterocycles. The van der Waals surface area contributed by atoms with Gasteiger partial charge in [0.15, 0.2) is 0 Å². The minimum atomic E-state index is -3.46. The Bertz CT molecular complexity index is 735. The van der Waals surface area contributed by atoms with Crippen molar-refractivity contribution >= 4 is 17.6 Å². The molecule has 0 aromatic carbocycles. The topological polar surface area (TPSA) is 93.7 Å². The number of carbonyl (C=O) groups is 1. The Morgan fingerprint density at radius 1 is 1.36 bits per heavy atom. The first kappa shape index (κ1) is 21.7. The molecule has 9 nitrogen and oxygen atoms in total. The lowest BCUT2D eigenvalue weighted by Crippen LogP contribution is -2.44. The number of alkyl halides is 4. The molecule has 0 bridgehead atoms. The lowest BCUT2D eigenvalue weighted by Gasteiger charge is -2.27. The van der Waals surface area contributed by atoms with Crippen molar-refractivity contribution in [2.24, 2.45) is 0 Å². The summed E-state index contributed by atoms with van der Waals surface area (Å²) < 4.78 is 60.1. The van der Waals surface area contributed by atoms with Crippen LogP contribution in [0.2, 0.25) is 0 Å². The molecule has 1 amide bonds. The Morgan fingerprint density at radius 3 is 2.54 bits per heavy atom. The summed E-state index contributed by atoms with van der Waals surface area (Å²) in [6.45, 7) is 1.32. The van der Waals surface area contributed by atoms with E-state index in [0.29, 0.717) is 4.68 Å². The summed E-state index contributed by atoms with van der Waals surface area (Å²) in [4.78, 5) is 24.2. The average molecular weight is 411 g/mol. The summed E-state index contributed by atoms with van der Waals surface area (Å²) >= 11 is 0. The number of hydrogen-bond acceptors (Lipinski definition) is 6. The summed E-state index contributed by atoms with van der Waals surface area (Å²) in [6.07, 6.45) is -3.10. The van der Waals surface area contributed by atoms with Crippen LogP contribution in [0.5, 0.6) is 0 Å². The molecule has 1 fully saturated rings. The van der Waals surface area contributed by atoms with E-state index in [1.165, 1.54) is 0 Å². The molecule has 0 saturated carbocycles. The molecule has 1 saturated heterocycles. The maximum Gasteiger partial charge on any atom is 0.410 e. The van der Waals surface area contributed by atoms with E-state index in [9.17, 15) is 32.5 Å². The highest BCUT2D eigenvalue weighted by Crippen LogP contribution is 2.32. The largest absolute Gasteiger partial charge is 0.444 e. The zero-order chi connectivity index (χ0) is 21.3. The SMILES string of the molecule is CC(C)(C)OC(=O)N1CCN(c2c([N+](=O)[O-])cnn2CC(F)F)CC(F)(F)C1. The summed E-state index contributed by atoms with van der Waals surface area (Å²) in [7, 11) is 0. The number of carbonyl (C=O) groups excluding carboxylic acids is 1. The zero-order valence-electron chi connectivity index (χ0n) is 15.6. The van der Waals surface area contributed by atoms with Gasteiger partial charge in [0.2, 0.25) is 5.82 Å². The molecule has 13 heteroatoms. The van der Waals surface area contributed by atoms with Gasteiger partial charge < -0.3 is 14.5 Å². The number of hydrogen-bond donors (Lipinski definition) is 0. The number of aromatic nitrogens is 2. The quantitative estimate of drug-likeness (QED) is 0.430. The Morgan fingerprint density at radius 2 is 2.00 bits per heavy atom. The van der Waals surface area contributed by atoms with Crippen LogP contribution in [0.15, 0.2) is 6.20 Å². The molecule has 0 unspecified atom stereocenters. The lowest BCUT2D eigenvalue weighted by molar-refractivity contribution is -0.384. The first-order valence-corrected chi connectivity index (χ1v) is 8.38. The molecular formula is C15H21F4N5O4. The van der Waals surface area contributed by atoms with E-state index in [1.54, 1.807) is 20.8 Å². The molecule has 0 radical (unpaired) electrons. The van der Waals surface area contributed by atoms with Gasteiger partial charge in [-0.3, -0.25) is 10.1 Å². The van der Waals surface area contributed by atoms with Crippen LogP contribution < -0.4 is 4.90 Å². The predicted octanol–water partition coefficient (Wildman–Crippen LogP) is 2.75. The highest BCUT2D eigenvalue weighted by molar-refractivity contribution is 5.68. The van der Waals surface area contributed by atoms with Crippen molar-refractivity contribution in [2.45, 2.75) is 45.3 Å². The van der Waals surface area contributed by atoms with Gasteiger partial charge in [-0.2, -0.15) is 5.10 Å². The number of halogens is 4. The van der Waals surface area contributed by atoms with Gasteiger partial charge in [0.05, 0.1) is 18.0 Å². The first-order valence-electron chi connectivity index (χ1n) is 8.38. The number of ether oxygens (including phenoxy) is 1. The Kier molecular flexibility index (Phi) is 6.04. The molecule has 2 rings (SSSR count). The van der Waals surface area contributed by atoms with Crippen LogP contribution in [0, 0.1) is 10.1 Å². The van der Waals surface area contributed by atoms with E-state index in [1.807, 2.05) is 0 Å². The molecule has 1 aromatic heterocycles. The number of amides is 1. The molecule has 0 spiro atoms. The van der Waals surface area contributed by atoms with Crippen LogP contribution in [-0.4, -0.2) is 69.8 Å². The molecule has 1 aromatic rings. The maximum atomic E-state index is 14.4. The third-order valence-electron chi connectivity index (χ3n) is 3.74. The summed E-state index contributed by atoms with van der Waals surface area (Å²) in [6, 6.07) is 0. The fourth-order valence-electron chi connectivity index (χ4n) is 2.76. The first-order chi connectivity index (χ1) is 12.8. The Labute approximate surface area is 158 Å². The fraction of sp³-hybridized carbons (Fsp3) is 0.733. The van der Waals surface area contributed by atoms with E-state index in [4.69, 9.17) is 4.74 Å². The van der Waals surface area contributed by atoms with Crippen molar-refractivity contribution in [2.75, 3.05) is 31.1 Å². The normalized spacial score (nSPS) is 17.6. The van der Waals surface area contributed by atoms with E-state index in [2.05, 4.69) is 5.10 Å². The van der Waals surface area contributed by atoms with Crippen LogP contribution in [0.3, 0.4) is 0 Å². The van der Waals surface area contributed by atoms with Gasteiger partial charge in [-0.1, -0.05) is 0 Å². The van der Waals surface area contributed by atoms with Gasteiger partial charge >= 0.3 is 11.8 Å². The fourth-order valence-corrected chi connectivity index (χ4v) is 2.76. The van der Waals surface area contributed by atoms with Gasteiger partial charge in [0.1, 0.15) is 18.3 Å². The van der Waals surface area contributed by atoms with Gasteiger partial charge in [-0.05, 0) is 20.8 Å². The van der Waals surface area contributed by atoms with Crippen molar-refractivity contribution in [3.8, 4) is 0 Å². The molecule has 1 aliphatic rings. The van der Waals surface area contributed by atoms with Gasteiger partial charge in [-0.15, -0.1) is 0 Å². The molecule has 0 N–H and O–H groups in total. The summed E-state index contributed by atoms with van der Waals surface area (Å²) in [5.74, 6) is -3.91. The second kappa shape index (κ2) is 7.80. The zero-order valence-corrected chi connectivity index (χ0v) is 15.6. The smallest absolute Gasteiger partial charge is 0.410 e. The Balaban J connectivity index is 2.32. The van der Waals surface area contributed by atoms with Crippen molar-refractivity contribution < 1.29 is 32.0 Å². The number of rotatable bonds is 4. The van der Waals surface area contributed by atoms with Crippen molar-refractivity contribution in [1.82, 2.24) is 14.7 Å². The molecule has 28 heavy (non-hydrogen) atoms. The molecule has 1 aliphatic heterocycles. The standard InChI is InChI=1S/C15H21F4N5O4/c1-14(2,3)28-13(25)22-5-4-21(8-15(18,19)9-22)12-10(24(26)27)6-20-23(12)7-11(16)17/h6,11H,4-5,7-9H2,1-3H3. The minimum Gasteiger partial charge on any atom is -0.444 e. The number of nitro groups is 1. The van der Waals surface area contributed by atoms with E-state index >= 15 is 0 Å². The van der Waals surface area contributed by atoms with E-state index < -0.39 is 60.1 Å². The van der Waals surface area contributed by atoms with Crippen LogP contribution in [0.25, 0.3) is 0 Å². The van der Waals surface area contributed by atoms with Crippen LogP contribution >= 0.6 is 0 Å². The molecular weight excluding hydrogens is 390 g/mol. The van der Waals surface area contributed by atoms with Crippen molar-refractivity contribution in [1.29, 1.82) is 0 Å². The second-order valence-electron chi connectivity index (χ2n) is 7.36. The highest BCUT2D eigenvalue weighted by atomic mass is 19.3. The molecule has 0 atom stereocenters. The molecule has 0 aliphatic carbocycles. The number of nitrogens with zero attached hydrogens (tertiary/aromatic N) is 5. The molecule has 158 valence electrons. The third-order valence-corrected chi connectivity index (χ3v) is 3.74. The second-order valence-corrected chi connectivity index (χ2v) is 7.36. The van der Waals surface area contributed by atoms with Crippen molar-refractivity contribution in [3.63, 3.8) is 0 Å². The van der Waals surface area contributed by atoms with Crippen molar-refractivity contribution in [3.05, 3.63) is 16.3 Å². The maximum absolute atomic E-state index is 14.4. The average Bonchev–Trinajstić information content (AvgIpc) is 2.83. The Hall–Kier alpha value is -2.60. The minimum absolute atomic E-state index is 0.235.